The zero-order valence-corrected chi connectivity index (χ0v) is 41.6. The first-order chi connectivity index (χ1) is 34.2. The van der Waals surface area contributed by atoms with E-state index in [1.165, 1.54) is 15.1 Å². The number of esters is 1. The summed E-state index contributed by atoms with van der Waals surface area (Å²) in [7, 11) is -3.73. The zero-order valence-electron chi connectivity index (χ0n) is 39.2. The highest BCUT2D eigenvalue weighted by Gasteiger charge is 2.45. The van der Waals surface area contributed by atoms with E-state index in [9.17, 15) is 47.1 Å². The fourth-order valence-corrected chi connectivity index (χ4v) is 11.4. The number of benzene rings is 3. The first-order valence-corrected chi connectivity index (χ1v) is 25.6. The smallest absolute Gasteiger partial charge is 0.352 e. The van der Waals surface area contributed by atoms with Crippen molar-refractivity contribution < 1.29 is 56.6 Å². The average molecular weight is 1040 g/mol. The summed E-state index contributed by atoms with van der Waals surface area (Å²) in [6, 6.07) is 17.5. The third-order valence-electron chi connectivity index (χ3n) is 11.7. The topological polar surface area (TPSA) is 278 Å². The van der Waals surface area contributed by atoms with E-state index in [-0.39, 0.29) is 89.9 Å². The van der Waals surface area contributed by atoms with Crippen molar-refractivity contribution in [3.8, 4) is 16.2 Å². The first-order valence-electron chi connectivity index (χ1n) is 22.8. The van der Waals surface area contributed by atoms with Crippen molar-refractivity contribution in [1.82, 2.24) is 29.5 Å². The van der Waals surface area contributed by atoms with Crippen LogP contribution in [0.15, 0.2) is 72.9 Å². The molecule has 0 saturated carbocycles. The molecule has 8 rings (SSSR count). The van der Waals surface area contributed by atoms with Gasteiger partial charge in [0, 0.05) is 49.0 Å². The average Bonchev–Trinajstić information content (AvgIpc) is 4.00. The van der Waals surface area contributed by atoms with E-state index in [0.29, 0.717) is 45.9 Å². The molecule has 2 fully saturated rings. The van der Waals surface area contributed by atoms with Gasteiger partial charge in [-0.3, -0.25) is 38.9 Å². The predicted octanol–water partition coefficient (Wildman–Crippen LogP) is 5.53. The third kappa shape index (κ3) is 11.9. The molecule has 1 unspecified atom stereocenters. The van der Waals surface area contributed by atoms with Crippen LogP contribution in [0.25, 0.3) is 10.4 Å². The normalized spacial score (nSPS) is 16.6. The summed E-state index contributed by atoms with van der Waals surface area (Å²) in [6.07, 6.45) is 2.73. The van der Waals surface area contributed by atoms with Gasteiger partial charge in [-0.15, -0.1) is 16.4 Å². The molecule has 3 aromatic carbocycles. The number of rotatable bonds is 18. The van der Waals surface area contributed by atoms with Crippen LogP contribution in [0.2, 0.25) is 5.02 Å². The molecule has 72 heavy (non-hydrogen) atoms. The number of thiophene rings is 1. The molecule has 24 heteroatoms. The number of imide groups is 2. The Kier molecular flexibility index (Phi) is 15.1. The van der Waals surface area contributed by atoms with Crippen LogP contribution < -0.4 is 26.0 Å². The molecule has 5 N–H and O–H groups in total. The number of amides is 5. The number of carbonyl (C=O) groups is 7. The van der Waals surface area contributed by atoms with Gasteiger partial charge in [0.1, 0.15) is 22.4 Å². The molecule has 5 amide bonds. The minimum absolute atomic E-state index is 0.00762. The summed E-state index contributed by atoms with van der Waals surface area (Å²) in [5, 5.41) is 29.1. The molecule has 2 aromatic heterocycles. The van der Waals surface area contributed by atoms with Crippen LogP contribution in [0.4, 0.5) is 17.1 Å². The molecule has 3 aliphatic rings. The highest BCUT2D eigenvalue weighted by molar-refractivity contribution is 7.88. The number of carboxylic acids is 1. The van der Waals surface area contributed by atoms with E-state index in [4.69, 9.17) is 21.1 Å². The lowest BCUT2D eigenvalue weighted by Gasteiger charge is -2.32. The van der Waals surface area contributed by atoms with Gasteiger partial charge in [0.25, 0.3) is 11.8 Å². The van der Waals surface area contributed by atoms with E-state index in [2.05, 4.69) is 31.6 Å². The number of carbonyl (C=O) groups excluding carboxylic acids is 6. The molecule has 3 aliphatic heterocycles. The number of piperidine rings is 2. The second-order valence-corrected chi connectivity index (χ2v) is 21.6. The monoisotopic (exact) mass is 1040 g/mol. The minimum Gasteiger partial charge on any atom is -0.479 e. The Morgan fingerprint density at radius 2 is 1.69 bits per heavy atom. The number of nitrogens with one attached hydrogen (secondary N) is 4. The quantitative estimate of drug-likeness (QED) is 0.0533. The second-order valence-electron chi connectivity index (χ2n) is 18.2. The maximum atomic E-state index is 13.6. The standard InChI is InChI=1S/C48H50ClN9O12S2/c1-48(2,3)70-47(66)43-41(69-25-38(61)62)40(49)42(71-43)28-8-5-10-31(22-28)51-29-15-19-57(20-16-29)72(67,68)26-27-7-4-9-30(21-27)52-37(60)17-18-56-24-32(54-55-56)23-50-34-12-6-11-33-39(34)46(65)58(45(33)64)35-13-14-36(59)53-44(35)63/h4-12,21-22,24,29,35,50-51H,13-20,23,25-26H2,1-3H3,(H,52,60)(H,61,62)(H,53,59,63). The van der Waals surface area contributed by atoms with Crippen LogP contribution in [0.3, 0.4) is 0 Å². The number of aliphatic carboxylic acids is 1. The van der Waals surface area contributed by atoms with Gasteiger partial charge in [-0.1, -0.05) is 47.1 Å². The molecule has 0 spiro atoms. The summed E-state index contributed by atoms with van der Waals surface area (Å²) in [4.78, 5) is 89.6. The van der Waals surface area contributed by atoms with Gasteiger partial charge in [0.15, 0.2) is 17.2 Å². The largest absolute Gasteiger partial charge is 0.479 e. The Labute approximate surface area is 422 Å². The summed E-state index contributed by atoms with van der Waals surface area (Å²) in [5.41, 5.74) is 2.56. The van der Waals surface area contributed by atoms with Gasteiger partial charge >= 0.3 is 11.9 Å². The molecule has 5 aromatic rings. The summed E-state index contributed by atoms with van der Waals surface area (Å²) < 4.78 is 41.2. The summed E-state index contributed by atoms with van der Waals surface area (Å²) >= 11 is 7.73. The van der Waals surface area contributed by atoms with Crippen molar-refractivity contribution in [3.63, 3.8) is 0 Å². The molecule has 2 saturated heterocycles. The lowest BCUT2D eigenvalue weighted by Crippen LogP contribution is -2.54. The lowest BCUT2D eigenvalue weighted by molar-refractivity contribution is -0.139. The van der Waals surface area contributed by atoms with Crippen molar-refractivity contribution in [2.24, 2.45) is 0 Å². The Morgan fingerprint density at radius 1 is 0.958 bits per heavy atom. The van der Waals surface area contributed by atoms with Crippen molar-refractivity contribution in [1.29, 1.82) is 0 Å². The minimum atomic E-state index is -3.73. The molecule has 5 heterocycles. The predicted molar refractivity (Wildman–Crippen MR) is 264 cm³/mol. The van der Waals surface area contributed by atoms with Gasteiger partial charge in [-0.2, -0.15) is 0 Å². The number of halogens is 1. The van der Waals surface area contributed by atoms with E-state index in [1.807, 2.05) is 12.1 Å². The lowest BCUT2D eigenvalue weighted by atomic mass is 10.0. The van der Waals surface area contributed by atoms with Gasteiger partial charge in [-0.05, 0) is 87.6 Å². The molecule has 0 aliphatic carbocycles. The second kappa shape index (κ2) is 21.2. The number of carboxylic acid groups (broad SMARTS) is 1. The van der Waals surface area contributed by atoms with Crippen molar-refractivity contribution in [3.05, 3.63) is 105 Å². The molecular weight excluding hydrogens is 994 g/mol. The Balaban J connectivity index is 0.803. The fraction of sp³-hybridized carbons (Fsp3) is 0.354. The Morgan fingerprint density at radius 3 is 2.43 bits per heavy atom. The molecular formula is C48H50ClN9O12S2. The highest BCUT2D eigenvalue weighted by Crippen LogP contribution is 2.46. The highest BCUT2D eigenvalue weighted by atomic mass is 35.5. The third-order valence-corrected chi connectivity index (χ3v) is 15.2. The van der Waals surface area contributed by atoms with Gasteiger partial charge in [-0.25, -0.2) is 22.3 Å². The van der Waals surface area contributed by atoms with Gasteiger partial charge in [0.2, 0.25) is 27.7 Å². The summed E-state index contributed by atoms with van der Waals surface area (Å²) in [6.45, 7) is 5.26. The number of sulfonamides is 1. The molecule has 0 bridgehead atoms. The summed E-state index contributed by atoms with van der Waals surface area (Å²) in [5.74, 6) is -5.04. The number of aryl methyl sites for hydroxylation is 1. The van der Waals surface area contributed by atoms with Gasteiger partial charge in [0.05, 0.1) is 41.0 Å². The molecule has 1 atom stereocenters. The Hall–Kier alpha value is -7.21. The van der Waals surface area contributed by atoms with Crippen molar-refractivity contribution in [2.45, 2.75) is 89.4 Å². The van der Waals surface area contributed by atoms with Crippen LogP contribution in [-0.4, -0.2) is 117 Å². The van der Waals surface area contributed by atoms with E-state index < -0.39 is 63.8 Å². The van der Waals surface area contributed by atoms with E-state index in [0.717, 1.165) is 21.9 Å². The van der Waals surface area contributed by atoms with Crippen LogP contribution in [0, 0.1) is 0 Å². The fourth-order valence-electron chi connectivity index (χ4n) is 8.42. The number of nitrogens with zero attached hydrogens (tertiary/aromatic N) is 5. The van der Waals surface area contributed by atoms with E-state index >= 15 is 0 Å². The number of hydrogen-bond acceptors (Lipinski definition) is 16. The van der Waals surface area contributed by atoms with Crippen LogP contribution in [0.1, 0.15) is 94.5 Å². The zero-order chi connectivity index (χ0) is 51.5. The SMILES string of the molecule is CC(C)(C)OC(=O)c1sc(-c2cccc(NC3CCN(S(=O)(=O)Cc4cccc(NC(=O)CCn5cc(CNc6cccc7c6C(=O)N(C6CCC(=O)NC6=O)C7=O)nn5)c4)CC3)c2)c(Cl)c1OCC(=O)O. The van der Waals surface area contributed by atoms with Gasteiger partial charge < -0.3 is 30.5 Å². The maximum absolute atomic E-state index is 13.6. The number of fused-ring (bicyclic) bond motifs is 1. The van der Waals surface area contributed by atoms with E-state index in [1.54, 1.807) is 75.5 Å². The number of anilines is 3. The Bertz CT molecular complexity index is 3090. The van der Waals surface area contributed by atoms with Crippen LogP contribution in [-0.2, 0) is 52.8 Å². The first kappa shape index (κ1) is 51.2. The number of ether oxygens (including phenoxy) is 2. The molecule has 0 radical (unpaired) electrons. The number of hydrogen-bond donors (Lipinski definition) is 5. The number of aromatic nitrogens is 3. The molecule has 21 nitrogen and oxygen atoms in total. The van der Waals surface area contributed by atoms with Crippen molar-refractivity contribution >= 4 is 91.5 Å². The van der Waals surface area contributed by atoms with Crippen LogP contribution >= 0.6 is 22.9 Å². The maximum Gasteiger partial charge on any atom is 0.352 e. The van der Waals surface area contributed by atoms with Crippen molar-refractivity contribution in [2.75, 3.05) is 35.6 Å². The van der Waals surface area contributed by atoms with Crippen LogP contribution in [0.5, 0.6) is 5.75 Å². The molecule has 378 valence electrons.